The summed E-state index contributed by atoms with van der Waals surface area (Å²) in [5.41, 5.74) is 0.986. The highest BCUT2D eigenvalue weighted by Crippen LogP contribution is 2.15. The van der Waals surface area contributed by atoms with Crippen molar-refractivity contribution in [3.8, 4) is 5.75 Å². The fourth-order valence-electron chi connectivity index (χ4n) is 1.18. The molecule has 1 amide bonds. The topological polar surface area (TPSA) is 50.4 Å². The first kappa shape index (κ1) is 11.4. The molecular weight excluding hydrogens is 192 g/mol. The summed E-state index contributed by atoms with van der Waals surface area (Å²) in [6.07, 6.45) is 0. The quantitative estimate of drug-likeness (QED) is 0.716. The SMILES string of the molecule is COc1cccc(NCCNC(C)=O)c1. The molecule has 0 aliphatic heterocycles. The zero-order chi connectivity index (χ0) is 11.1. The van der Waals surface area contributed by atoms with Crippen molar-refractivity contribution in [3.63, 3.8) is 0 Å². The van der Waals surface area contributed by atoms with Crippen LogP contribution < -0.4 is 15.4 Å². The number of carbonyl (C=O) groups excluding carboxylic acids is 1. The Morgan fingerprint density at radius 2 is 2.20 bits per heavy atom. The minimum absolute atomic E-state index is 0.0116. The highest BCUT2D eigenvalue weighted by Gasteiger charge is 1.94. The Kier molecular flexibility index (Phi) is 4.47. The second-order valence-electron chi connectivity index (χ2n) is 3.14. The zero-order valence-corrected chi connectivity index (χ0v) is 9.04. The largest absolute Gasteiger partial charge is 0.497 e. The van der Waals surface area contributed by atoms with Gasteiger partial charge in [-0.1, -0.05) is 6.07 Å². The summed E-state index contributed by atoms with van der Waals surface area (Å²) in [6.45, 7) is 2.82. The van der Waals surface area contributed by atoms with Crippen LogP contribution in [0.5, 0.6) is 5.75 Å². The molecule has 15 heavy (non-hydrogen) atoms. The molecule has 0 radical (unpaired) electrons. The smallest absolute Gasteiger partial charge is 0.216 e. The Labute approximate surface area is 89.6 Å². The molecule has 0 atom stereocenters. The molecule has 0 spiro atoms. The van der Waals surface area contributed by atoms with Crippen molar-refractivity contribution < 1.29 is 9.53 Å². The van der Waals surface area contributed by atoms with Gasteiger partial charge in [-0.3, -0.25) is 4.79 Å². The van der Waals surface area contributed by atoms with E-state index in [4.69, 9.17) is 4.74 Å². The van der Waals surface area contributed by atoms with Crippen molar-refractivity contribution in [2.75, 3.05) is 25.5 Å². The van der Waals surface area contributed by atoms with Crippen LogP contribution in [0.1, 0.15) is 6.92 Å². The minimum atomic E-state index is -0.0116. The van der Waals surface area contributed by atoms with Crippen molar-refractivity contribution in [1.29, 1.82) is 0 Å². The number of ether oxygens (including phenoxy) is 1. The molecule has 2 N–H and O–H groups in total. The van der Waals surface area contributed by atoms with E-state index in [-0.39, 0.29) is 5.91 Å². The van der Waals surface area contributed by atoms with Crippen molar-refractivity contribution >= 4 is 11.6 Å². The maximum absolute atomic E-state index is 10.6. The van der Waals surface area contributed by atoms with Gasteiger partial charge in [0, 0.05) is 31.8 Å². The minimum Gasteiger partial charge on any atom is -0.497 e. The van der Waals surface area contributed by atoms with Gasteiger partial charge >= 0.3 is 0 Å². The number of hydrogen-bond donors (Lipinski definition) is 2. The summed E-state index contributed by atoms with van der Waals surface area (Å²) in [7, 11) is 1.64. The van der Waals surface area contributed by atoms with Crippen LogP contribution in [-0.2, 0) is 4.79 Å². The second kappa shape index (κ2) is 5.90. The van der Waals surface area contributed by atoms with E-state index >= 15 is 0 Å². The normalized spacial score (nSPS) is 9.47. The average molecular weight is 208 g/mol. The first-order chi connectivity index (χ1) is 7.22. The maximum Gasteiger partial charge on any atom is 0.216 e. The molecule has 0 fully saturated rings. The molecule has 0 aliphatic rings. The van der Waals surface area contributed by atoms with Gasteiger partial charge in [-0.25, -0.2) is 0 Å². The van der Waals surface area contributed by atoms with Gasteiger partial charge < -0.3 is 15.4 Å². The summed E-state index contributed by atoms with van der Waals surface area (Å²) in [5.74, 6) is 0.807. The number of nitrogens with one attached hydrogen (secondary N) is 2. The lowest BCUT2D eigenvalue weighted by Gasteiger charge is -2.07. The van der Waals surface area contributed by atoms with Gasteiger partial charge in [0.25, 0.3) is 0 Å². The summed E-state index contributed by atoms with van der Waals surface area (Å²) >= 11 is 0. The van der Waals surface area contributed by atoms with E-state index in [0.717, 1.165) is 11.4 Å². The van der Waals surface area contributed by atoms with Crippen LogP contribution in [-0.4, -0.2) is 26.1 Å². The number of anilines is 1. The van der Waals surface area contributed by atoms with Crippen molar-refractivity contribution in [1.82, 2.24) is 5.32 Å². The van der Waals surface area contributed by atoms with Crippen LogP contribution in [0.25, 0.3) is 0 Å². The molecule has 0 heterocycles. The molecule has 82 valence electrons. The Balaban J connectivity index is 2.33. The molecule has 4 nitrogen and oxygen atoms in total. The molecular formula is C11H16N2O2. The molecule has 0 unspecified atom stereocenters. The predicted molar refractivity (Wildman–Crippen MR) is 60.2 cm³/mol. The van der Waals surface area contributed by atoms with E-state index < -0.39 is 0 Å². The van der Waals surface area contributed by atoms with Crippen LogP contribution in [0, 0.1) is 0 Å². The van der Waals surface area contributed by atoms with Gasteiger partial charge in [0.15, 0.2) is 0 Å². The second-order valence-corrected chi connectivity index (χ2v) is 3.14. The molecule has 0 saturated heterocycles. The number of carbonyl (C=O) groups is 1. The lowest BCUT2D eigenvalue weighted by molar-refractivity contribution is -0.118. The Morgan fingerprint density at radius 1 is 1.40 bits per heavy atom. The summed E-state index contributed by atoms with van der Waals surface area (Å²) in [6, 6.07) is 7.67. The summed E-state index contributed by atoms with van der Waals surface area (Å²) in [4.78, 5) is 10.6. The first-order valence-corrected chi connectivity index (χ1v) is 4.84. The van der Waals surface area contributed by atoms with Crippen LogP contribution in [0.4, 0.5) is 5.69 Å². The van der Waals surface area contributed by atoms with Gasteiger partial charge in [0.2, 0.25) is 5.91 Å². The molecule has 0 bridgehead atoms. The fourth-order valence-corrected chi connectivity index (χ4v) is 1.18. The van der Waals surface area contributed by atoms with Crippen LogP contribution in [0.3, 0.4) is 0 Å². The third kappa shape index (κ3) is 4.35. The Bertz CT molecular complexity index is 326. The highest BCUT2D eigenvalue weighted by atomic mass is 16.5. The molecule has 0 aromatic heterocycles. The van der Waals surface area contributed by atoms with E-state index in [0.29, 0.717) is 13.1 Å². The molecule has 1 rings (SSSR count). The first-order valence-electron chi connectivity index (χ1n) is 4.84. The van der Waals surface area contributed by atoms with Gasteiger partial charge in [-0.05, 0) is 12.1 Å². The highest BCUT2D eigenvalue weighted by molar-refractivity contribution is 5.72. The maximum atomic E-state index is 10.6. The average Bonchev–Trinajstić information content (AvgIpc) is 2.24. The number of hydrogen-bond acceptors (Lipinski definition) is 3. The van der Waals surface area contributed by atoms with E-state index in [9.17, 15) is 4.79 Å². The Morgan fingerprint density at radius 3 is 2.87 bits per heavy atom. The summed E-state index contributed by atoms with van der Waals surface area (Å²) < 4.78 is 5.09. The van der Waals surface area contributed by atoms with Crippen molar-refractivity contribution in [2.45, 2.75) is 6.92 Å². The van der Waals surface area contributed by atoms with E-state index in [1.807, 2.05) is 24.3 Å². The van der Waals surface area contributed by atoms with Crippen molar-refractivity contribution in [3.05, 3.63) is 24.3 Å². The van der Waals surface area contributed by atoms with Gasteiger partial charge in [0.05, 0.1) is 7.11 Å². The van der Waals surface area contributed by atoms with E-state index in [1.54, 1.807) is 7.11 Å². The molecule has 1 aromatic rings. The number of rotatable bonds is 5. The van der Waals surface area contributed by atoms with Crippen LogP contribution in [0.2, 0.25) is 0 Å². The van der Waals surface area contributed by atoms with Crippen LogP contribution >= 0.6 is 0 Å². The summed E-state index contributed by atoms with van der Waals surface area (Å²) in [5, 5.41) is 5.89. The lowest BCUT2D eigenvalue weighted by Crippen LogP contribution is -2.26. The van der Waals surface area contributed by atoms with Gasteiger partial charge in [-0.2, -0.15) is 0 Å². The monoisotopic (exact) mass is 208 g/mol. The predicted octanol–water partition coefficient (Wildman–Crippen LogP) is 1.24. The van der Waals surface area contributed by atoms with Crippen LogP contribution in [0.15, 0.2) is 24.3 Å². The lowest BCUT2D eigenvalue weighted by atomic mass is 10.3. The zero-order valence-electron chi connectivity index (χ0n) is 9.04. The fraction of sp³-hybridized carbons (Fsp3) is 0.364. The van der Waals surface area contributed by atoms with Gasteiger partial charge in [0.1, 0.15) is 5.75 Å². The van der Waals surface area contributed by atoms with E-state index in [2.05, 4.69) is 10.6 Å². The standard InChI is InChI=1S/C11H16N2O2/c1-9(14)12-6-7-13-10-4-3-5-11(8-10)15-2/h3-5,8,13H,6-7H2,1-2H3,(H,12,14). The molecule has 1 aromatic carbocycles. The molecule has 4 heteroatoms. The number of benzene rings is 1. The third-order valence-corrected chi connectivity index (χ3v) is 1.90. The molecule has 0 saturated carbocycles. The number of methoxy groups -OCH3 is 1. The molecule has 0 aliphatic carbocycles. The van der Waals surface area contributed by atoms with Gasteiger partial charge in [-0.15, -0.1) is 0 Å². The Hall–Kier alpha value is -1.71. The van der Waals surface area contributed by atoms with E-state index in [1.165, 1.54) is 6.92 Å². The van der Waals surface area contributed by atoms with Crippen molar-refractivity contribution in [2.24, 2.45) is 0 Å². The number of amides is 1. The third-order valence-electron chi connectivity index (χ3n) is 1.90.